The molecule has 23 heavy (non-hydrogen) atoms. The van der Waals surface area contributed by atoms with Gasteiger partial charge in [-0.25, -0.2) is 0 Å². The van der Waals surface area contributed by atoms with Crippen LogP contribution in [0.4, 0.5) is 0 Å². The van der Waals surface area contributed by atoms with Crippen molar-refractivity contribution in [2.24, 2.45) is 5.73 Å². The Hall–Kier alpha value is -0.170. The largest absolute Gasteiger partial charge is 0.324 e. The molecule has 0 amide bonds. The highest BCUT2D eigenvalue weighted by molar-refractivity contribution is 7.85. The van der Waals surface area contributed by atoms with Gasteiger partial charge in [-0.05, 0) is 25.7 Å². The summed E-state index contributed by atoms with van der Waals surface area (Å²) in [5.74, 6) is -0.701. The van der Waals surface area contributed by atoms with Crippen molar-refractivity contribution < 1.29 is 17.5 Å². The first-order valence-corrected chi connectivity index (χ1v) is 10.9. The standard InChI is InChI=1S/C16H36N.CH5NO3S/c1-5-9-13-17(14-10-6-2,15-11-7-3)16-12-8-4;2-1-6(3,4)5/h5-16H2,1-4H3;1-2H2,(H,3,4,5)/q+1;. The van der Waals surface area contributed by atoms with Crippen molar-refractivity contribution in [3.8, 4) is 0 Å². The van der Waals surface area contributed by atoms with Gasteiger partial charge in [-0.3, -0.25) is 4.55 Å². The minimum atomic E-state index is -3.88. The predicted molar refractivity (Wildman–Crippen MR) is 100.0 cm³/mol. The molecule has 0 saturated heterocycles. The van der Waals surface area contributed by atoms with Crippen LogP contribution in [0.15, 0.2) is 0 Å². The van der Waals surface area contributed by atoms with Gasteiger partial charge in [0, 0.05) is 0 Å². The summed E-state index contributed by atoms with van der Waals surface area (Å²) < 4.78 is 28.0. The average Bonchev–Trinajstić information content (AvgIpc) is 2.53. The Morgan fingerprint density at radius 2 is 0.957 bits per heavy atom. The predicted octanol–water partition coefficient (Wildman–Crippen LogP) is 3.79. The number of nitrogens with zero attached hydrogens (tertiary/aromatic N) is 1. The number of rotatable bonds is 13. The number of hydrogen-bond donors (Lipinski definition) is 2. The molecule has 6 heteroatoms. The van der Waals surface area contributed by atoms with E-state index in [9.17, 15) is 8.42 Å². The molecule has 0 heterocycles. The van der Waals surface area contributed by atoms with Gasteiger partial charge in [0.25, 0.3) is 10.1 Å². The Morgan fingerprint density at radius 3 is 1.09 bits per heavy atom. The van der Waals surface area contributed by atoms with Crippen LogP contribution in [-0.2, 0) is 10.1 Å². The van der Waals surface area contributed by atoms with Crippen LogP contribution in [0.3, 0.4) is 0 Å². The van der Waals surface area contributed by atoms with E-state index in [0.29, 0.717) is 0 Å². The number of nitrogens with two attached hydrogens (primary N) is 1. The molecule has 0 aromatic rings. The lowest BCUT2D eigenvalue weighted by molar-refractivity contribution is -0.929. The van der Waals surface area contributed by atoms with E-state index in [4.69, 9.17) is 4.55 Å². The first kappa shape index (κ1) is 25.1. The van der Waals surface area contributed by atoms with E-state index in [1.54, 1.807) is 0 Å². The smallest absolute Gasteiger partial charge is 0.277 e. The molecule has 0 atom stereocenters. The van der Waals surface area contributed by atoms with Crippen molar-refractivity contribution in [1.82, 2.24) is 0 Å². The van der Waals surface area contributed by atoms with Crippen molar-refractivity contribution in [3.63, 3.8) is 0 Å². The molecule has 0 aliphatic rings. The molecule has 3 N–H and O–H groups in total. The van der Waals surface area contributed by atoms with Crippen molar-refractivity contribution in [3.05, 3.63) is 0 Å². The third kappa shape index (κ3) is 16.5. The summed E-state index contributed by atoms with van der Waals surface area (Å²) in [5.41, 5.74) is 4.47. The second-order valence-electron chi connectivity index (χ2n) is 6.40. The maximum Gasteiger partial charge on any atom is 0.277 e. The normalized spacial score (nSPS) is 11.9. The second kappa shape index (κ2) is 15.4. The fourth-order valence-corrected chi connectivity index (χ4v) is 2.64. The van der Waals surface area contributed by atoms with Gasteiger partial charge in [0.05, 0.1) is 26.2 Å². The molecule has 0 unspecified atom stereocenters. The van der Waals surface area contributed by atoms with Crippen LogP contribution in [-0.4, -0.2) is 49.5 Å². The first-order valence-electron chi connectivity index (χ1n) is 9.31. The highest BCUT2D eigenvalue weighted by Gasteiger charge is 2.24. The van der Waals surface area contributed by atoms with Gasteiger partial charge in [-0.2, -0.15) is 8.42 Å². The van der Waals surface area contributed by atoms with Crippen LogP contribution in [0.2, 0.25) is 0 Å². The first-order chi connectivity index (χ1) is 10.8. The third-order valence-electron chi connectivity index (χ3n) is 4.15. The number of quaternary nitrogens is 1. The fourth-order valence-electron chi connectivity index (χ4n) is 2.64. The maximum absolute atomic E-state index is 9.43. The molecule has 0 aromatic heterocycles. The van der Waals surface area contributed by atoms with Gasteiger partial charge in [0.2, 0.25) is 0 Å². The second-order valence-corrected chi connectivity index (χ2v) is 7.90. The Balaban J connectivity index is 0. The fraction of sp³-hybridized carbons (Fsp3) is 1.00. The van der Waals surface area contributed by atoms with Crippen molar-refractivity contribution in [2.75, 3.05) is 32.1 Å². The third-order valence-corrected chi connectivity index (χ3v) is 4.58. The van der Waals surface area contributed by atoms with Crippen LogP contribution in [0, 0.1) is 0 Å². The maximum atomic E-state index is 9.43. The van der Waals surface area contributed by atoms with Gasteiger partial charge in [0.1, 0.15) is 5.88 Å². The zero-order valence-corrected chi connectivity index (χ0v) is 16.7. The van der Waals surface area contributed by atoms with E-state index < -0.39 is 16.0 Å². The van der Waals surface area contributed by atoms with E-state index in [2.05, 4.69) is 33.4 Å². The van der Waals surface area contributed by atoms with Crippen LogP contribution in [0.5, 0.6) is 0 Å². The monoisotopic (exact) mass is 353 g/mol. The summed E-state index contributed by atoms with van der Waals surface area (Å²) in [7, 11) is -3.88. The number of hydrogen-bond acceptors (Lipinski definition) is 3. The van der Waals surface area contributed by atoms with E-state index in [1.165, 1.54) is 82.0 Å². The zero-order chi connectivity index (χ0) is 18.2. The topological polar surface area (TPSA) is 80.4 Å². The van der Waals surface area contributed by atoms with Gasteiger partial charge < -0.3 is 10.2 Å². The lowest BCUT2D eigenvalue weighted by Crippen LogP contribution is -2.50. The molecule has 0 radical (unpaired) electrons. The molecule has 5 nitrogen and oxygen atoms in total. The highest BCUT2D eigenvalue weighted by atomic mass is 32.2. The number of unbranched alkanes of at least 4 members (excludes halogenated alkanes) is 4. The van der Waals surface area contributed by atoms with E-state index in [1.807, 2.05) is 0 Å². The molecule has 0 fully saturated rings. The van der Waals surface area contributed by atoms with Crippen LogP contribution >= 0.6 is 0 Å². The van der Waals surface area contributed by atoms with E-state index in [-0.39, 0.29) is 0 Å². The summed E-state index contributed by atoms with van der Waals surface area (Å²) in [6, 6.07) is 0. The van der Waals surface area contributed by atoms with Gasteiger partial charge in [0.15, 0.2) is 0 Å². The summed E-state index contributed by atoms with van der Waals surface area (Å²) >= 11 is 0. The molecule has 0 spiro atoms. The van der Waals surface area contributed by atoms with Crippen molar-refractivity contribution >= 4 is 10.1 Å². The molecule has 0 saturated carbocycles. The summed E-state index contributed by atoms with van der Waals surface area (Å²) in [6.07, 6.45) is 11.1. The highest BCUT2D eigenvalue weighted by Crippen LogP contribution is 2.16. The quantitative estimate of drug-likeness (QED) is 0.390. The molecule has 0 rings (SSSR count). The summed E-state index contributed by atoms with van der Waals surface area (Å²) in [4.78, 5) is 0. The van der Waals surface area contributed by atoms with E-state index >= 15 is 0 Å². The molecule has 0 bridgehead atoms. The van der Waals surface area contributed by atoms with Gasteiger partial charge >= 0.3 is 0 Å². The average molecular weight is 354 g/mol. The molecular weight excluding hydrogens is 312 g/mol. The van der Waals surface area contributed by atoms with Crippen LogP contribution in [0.25, 0.3) is 0 Å². The molecular formula is C17H41N2O3S+. The van der Waals surface area contributed by atoms with Crippen LogP contribution in [0.1, 0.15) is 79.1 Å². The molecule has 0 aromatic carbocycles. The Labute approximate surface area is 145 Å². The lowest BCUT2D eigenvalue weighted by atomic mass is 10.1. The molecule has 142 valence electrons. The lowest BCUT2D eigenvalue weighted by Gasteiger charge is -2.39. The minimum absolute atomic E-state index is 0.701. The van der Waals surface area contributed by atoms with Gasteiger partial charge in [-0.1, -0.05) is 53.4 Å². The Bertz CT molecular complexity index is 308. The Morgan fingerprint density at radius 1 is 0.739 bits per heavy atom. The zero-order valence-electron chi connectivity index (χ0n) is 15.9. The summed E-state index contributed by atoms with van der Waals surface area (Å²) in [6.45, 7) is 15.0. The molecule has 0 aliphatic carbocycles. The van der Waals surface area contributed by atoms with E-state index in [0.717, 1.165) is 0 Å². The molecule has 0 aliphatic heterocycles. The SMILES string of the molecule is CCCC[N+](CCCC)(CCCC)CCCC.NCS(=O)(=O)O. The Kier molecular flexibility index (Phi) is 16.7. The minimum Gasteiger partial charge on any atom is -0.324 e. The van der Waals surface area contributed by atoms with Crippen molar-refractivity contribution in [1.29, 1.82) is 0 Å². The summed E-state index contributed by atoms with van der Waals surface area (Å²) in [5, 5.41) is 0. The van der Waals surface area contributed by atoms with Crippen LogP contribution < -0.4 is 5.73 Å². The van der Waals surface area contributed by atoms with Gasteiger partial charge in [-0.15, -0.1) is 0 Å². The van der Waals surface area contributed by atoms with Crippen molar-refractivity contribution in [2.45, 2.75) is 79.1 Å².